The van der Waals surface area contributed by atoms with Crippen LogP contribution >= 0.6 is 67.8 Å². The number of hydrogen-bond acceptors (Lipinski definition) is 3. The molecule has 0 aliphatic heterocycles. The minimum atomic E-state index is -0.665. The summed E-state index contributed by atoms with van der Waals surface area (Å²) in [5, 5.41) is 10.7. The van der Waals surface area contributed by atoms with E-state index in [0.29, 0.717) is 5.92 Å². The molecule has 0 saturated heterocycles. The fourth-order valence-corrected chi connectivity index (χ4v) is 15.0. The van der Waals surface area contributed by atoms with Gasteiger partial charge in [-0.15, -0.1) is 0 Å². The Kier molecular flexibility index (Phi) is 6.15. The van der Waals surface area contributed by atoms with Crippen LogP contribution in [0.25, 0.3) is 0 Å². The van der Waals surface area contributed by atoms with Gasteiger partial charge >= 0.3 is 0 Å². The Morgan fingerprint density at radius 2 is 1.65 bits per heavy atom. The molecule has 0 amide bonds. The number of ketones is 2. The van der Waals surface area contributed by atoms with Gasteiger partial charge in [-0.05, 0) is 92.6 Å². The Bertz CT molecular complexity index is 1030. The van der Waals surface area contributed by atoms with Gasteiger partial charge in [-0.25, -0.2) is 0 Å². The Morgan fingerprint density at radius 3 is 2.29 bits per heavy atom. The summed E-state index contributed by atoms with van der Waals surface area (Å²) in [6.07, 6.45) is 12.9. The zero-order valence-corrected chi connectivity index (χ0v) is 27.4. The highest BCUT2D eigenvalue weighted by atomic mass is 127. The van der Waals surface area contributed by atoms with Crippen molar-refractivity contribution in [3.63, 3.8) is 0 Å². The van der Waals surface area contributed by atoms with E-state index in [0.717, 1.165) is 25.7 Å². The second-order valence-electron chi connectivity index (χ2n) is 12.6. The number of halogens is 3. The van der Waals surface area contributed by atoms with Crippen molar-refractivity contribution in [2.45, 2.75) is 96.3 Å². The van der Waals surface area contributed by atoms with Crippen LogP contribution in [0.1, 0.15) is 86.0 Å². The van der Waals surface area contributed by atoms with Crippen LogP contribution in [0.5, 0.6) is 0 Å². The molecular weight excluding hydrogens is 765 g/mol. The van der Waals surface area contributed by atoms with Crippen LogP contribution in [0, 0.1) is 34.0 Å². The van der Waals surface area contributed by atoms with E-state index < -0.39 is 12.3 Å². The average molecular weight is 802 g/mol. The van der Waals surface area contributed by atoms with Crippen LogP contribution in [0.3, 0.4) is 0 Å². The van der Waals surface area contributed by atoms with Crippen molar-refractivity contribution >= 4 is 79.3 Å². The number of allylic oxidation sites excluding steroid dienone is 4. The first kappa shape index (κ1) is 26.4. The lowest BCUT2D eigenvalue weighted by Crippen LogP contribution is -2.74. The molecule has 0 aromatic carbocycles. The number of hydrogen-bond donors (Lipinski definition) is 1. The normalized spacial score (nSPS) is 54.8. The number of aliphatic hydroxyl groups excluding tert-OH is 1. The highest BCUT2D eigenvalue weighted by Crippen LogP contribution is 2.76. The summed E-state index contributed by atoms with van der Waals surface area (Å²) >= 11 is 7.68. The van der Waals surface area contributed by atoms with E-state index in [-0.39, 0.29) is 43.4 Å². The molecule has 0 radical (unpaired) electrons. The molecular formula is C28H37I3O3. The van der Waals surface area contributed by atoms with Gasteiger partial charge in [0.25, 0.3) is 0 Å². The number of carbonyl (C=O) groups is 2. The van der Waals surface area contributed by atoms with Gasteiger partial charge in [0, 0.05) is 5.41 Å². The van der Waals surface area contributed by atoms with Gasteiger partial charge in [0.15, 0.2) is 11.5 Å². The SMILES string of the molecule is CCC12CCCC(C)C1(I)C1(I)C(=O)C=C3C4(C)C=C(O)C(=O)C(C)(I)C4CCC3(C)C1CC2. The van der Waals surface area contributed by atoms with Crippen LogP contribution in [0.15, 0.2) is 23.5 Å². The van der Waals surface area contributed by atoms with E-state index >= 15 is 0 Å². The minimum absolute atomic E-state index is 0.0631. The van der Waals surface area contributed by atoms with Crippen molar-refractivity contribution in [2.24, 2.45) is 34.0 Å². The van der Waals surface area contributed by atoms with Crippen LogP contribution < -0.4 is 0 Å². The molecule has 0 heterocycles. The van der Waals surface area contributed by atoms with Crippen molar-refractivity contribution in [1.29, 1.82) is 0 Å². The fourth-order valence-electron chi connectivity index (χ4n) is 9.66. The first-order chi connectivity index (χ1) is 15.7. The maximum Gasteiger partial charge on any atom is 0.212 e. The van der Waals surface area contributed by atoms with Gasteiger partial charge in [0.1, 0.15) is 3.42 Å². The van der Waals surface area contributed by atoms with E-state index in [1.165, 1.54) is 31.3 Å². The highest BCUT2D eigenvalue weighted by Gasteiger charge is 2.75. The molecule has 3 fully saturated rings. The zero-order chi connectivity index (χ0) is 25.1. The summed E-state index contributed by atoms with van der Waals surface area (Å²) in [4.78, 5) is 27.4. The molecule has 0 aromatic rings. The largest absolute Gasteiger partial charge is 0.505 e. The second kappa shape index (κ2) is 7.92. The van der Waals surface area contributed by atoms with E-state index in [1.807, 2.05) is 13.0 Å². The smallest absolute Gasteiger partial charge is 0.212 e. The molecule has 0 aromatic heterocycles. The lowest BCUT2D eigenvalue weighted by molar-refractivity contribution is -0.132. The molecule has 5 aliphatic carbocycles. The Morgan fingerprint density at radius 1 is 1.00 bits per heavy atom. The fraction of sp³-hybridized carbons (Fsp3) is 0.786. The van der Waals surface area contributed by atoms with Crippen molar-refractivity contribution in [1.82, 2.24) is 0 Å². The molecule has 9 atom stereocenters. The number of alkyl halides is 3. The van der Waals surface area contributed by atoms with Crippen molar-refractivity contribution in [3.8, 4) is 0 Å². The second-order valence-corrected chi connectivity index (χ2v) is 18.2. The summed E-state index contributed by atoms with van der Waals surface area (Å²) in [5.74, 6) is 0.852. The molecule has 0 bridgehead atoms. The van der Waals surface area contributed by atoms with Gasteiger partial charge in [-0.1, -0.05) is 107 Å². The average Bonchev–Trinajstić information content (AvgIpc) is 2.76. The first-order valence-electron chi connectivity index (χ1n) is 13.0. The molecule has 1 N–H and O–H groups in total. The van der Waals surface area contributed by atoms with E-state index in [2.05, 4.69) is 95.5 Å². The lowest BCUT2D eigenvalue weighted by Gasteiger charge is -2.71. The summed E-state index contributed by atoms with van der Waals surface area (Å²) in [6.45, 7) is 11.3. The van der Waals surface area contributed by atoms with Crippen LogP contribution in [0.4, 0.5) is 0 Å². The third-order valence-electron chi connectivity index (χ3n) is 11.4. The topological polar surface area (TPSA) is 54.4 Å². The van der Waals surface area contributed by atoms with Crippen molar-refractivity contribution in [3.05, 3.63) is 23.5 Å². The standard InChI is InChI=1S/C28H37I3O3/c1-6-26-11-7-8-16(2)28(26,31)27(30)19(10-13-26)23(3)12-9-18-24(4,20(23)14-21(27)33)15-17(32)22(34)25(18,5)29/h14-16,18-19,32H,6-13H2,1-5H3. The zero-order valence-electron chi connectivity index (χ0n) is 20.9. The number of aliphatic hydroxyl groups is 1. The quantitative estimate of drug-likeness (QED) is 0.216. The molecule has 3 nitrogen and oxygen atoms in total. The van der Waals surface area contributed by atoms with E-state index in [1.54, 1.807) is 6.08 Å². The molecule has 188 valence electrons. The number of Topliss-reactive ketones (excluding diaryl/α,β-unsaturated/α-hetero) is 1. The van der Waals surface area contributed by atoms with E-state index in [9.17, 15) is 14.7 Å². The minimum Gasteiger partial charge on any atom is -0.505 e. The highest BCUT2D eigenvalue weighted by molar-refractivity contribution is 14.1. The maximum atomic E-state index is 14.5. The summed E-state index contributed by atoms with van der Waals surface area (Å²) in [7, 11) is 0. The summed E-state index contributed by atoms with van der Waals surface area (Å²) in [5.41, 5.74) is 0.801. The van der Waals surface area contributed by atoms with Crippen molar-refractivity contribution in [2.75, 3.05) is 0 Å². The Labute approximate surface area is 245 Å². The van der Waals surface area contributed by atoms with Gasteiger partial charge < -0.3 is 5.11 Å². The number of rotatable bonds is 1. The lowest BCUT2D eigenvalue weighted by atomic mass is 9.39. The van der Waals surface area contributed by atoms with Crippen molar-refractivity contribution < 1.29 is 14.7 Å². The van der Waals surface area contributed by atoms with Gasteiger partial charge in [-0.3, -0.25) is 9.59 Å². The van der Waals surface area contributed by atoms with Crippen LogP contribution in [0.2, 0.25) is 0 Å². The Hall–Kier alpha value is 0.810. The number of carbonyl (C=O) groups excluding carboxylic acids is 2. The molecule has 34 heavy (non-hydrogen) atoms. The van der Waals surface area contributed by atoms with Gasteiger partial charge in [0.05, 0.1) is 6.84 Å². The predicted octanol–water partition coefficient (Wildman–Crippen LogP) is 8.11. The third kappa shape index (κ3) is 2.86. The monoisotopic (exact) mass is 802 g/mol. The third-order valence-corrected chi connectivity index (χ3v) is 18.8. The maximum absolute atomic E-state index is 14.5. The molecule has 5 rings (SSSR count). The van der Waals surface area contributed by atoms with E-state index in [4.69, 9.17) is 0 Å². The Balaban J connectivity index is 1.73. The van der Waals surface area contributed by atoms with Crippen LogP contribution in [-0.4, -0.2) is 26.9 Å². The predicted molar refractivity (Wildman–Crippen MR) is 162 cm³/mol. The molecule has 0 spiro atoms. The first-order valence-corrected chi connectivity index (χ1v) is 16.2. The van der Waals surface area contributed by atoms with Gasteiger partial charge in [0.2, 0.25) is 5.78 Å². The molecule has 9 unspecified atom stereocenters. The molecule has 3 saturated carbocycles. The van der Waals surface area contributed by atoms with Gasteiger partial charge in [-0.2, -0.15) is 0 Å². The number of fused-ring (bicyclic) bond motifs is 7. The summed E-state index contributed by atoms with van der Waals surface area (Å²) < 4.78 is -1.15. The molecule has 5 aliphatic rings. The summed E-state index contributed by atoms with van der Waals surface area (Å²) in [6, 6.07) is 0. The van der Waals surface area contributed by atoms with Crippen LogP contribution in [-0.2, 0) is 9.59 Å². The molecule has 6 heteroatoms.